The van der Waals surface area contributed by atoms with Gasteiger partial charge in [-0.05, 0) is 33.8 Å². The second-order valence-electron chi connectivity index (χ2n) is 4.19. The summed E-state index contributed by atoms with van der Waals surface area (Å²) in [6.07, 6.45) is 4.31. The van der Waals surface area contributed by atoms with Crippen LogP contribution in [0.15, 0.2) is 36.2 Å². The lowest BCUT2D eigenvalue weighted by atomic mass is 10.2. The molecule has 0 unspecified atom stereocenters. The highest BCUT2D eigenvalue weighted by atomic mass is 16.6. The van der Waals surface area contributed by atoms with E-state index in [0.29, 0.717) is 11.4 Å². The second-order valence-corrected chi connectivity index (χ2v) is 4.19. The first-order valence-electron chi connectivity index (χ1n) is 5.05. The van der Waals surface area contributed by atoms with Gasteiger partial charge in [0.15, 0.2) is 0 Å². The first-order chi connectivity index (χ1) is 7.30. The van der Waals surface area contributed by atoms with Crippen molar-refractivity contribution in [2.75, 3.05) is 0 Å². The second kappa shape index (κ2) is 6.00. The normalized spacial score (nSPS) is 13.2. The van der Waals surface area contributed by atoms with E-state index in [1.54, 1.807) is 45.9 Å². The molecule has 0 aliphatic carbocycles. The zero-order valence-corrected chi connectivity index (χ0v) is 10.3. The van der Waals surface area contributed by atoms with Gasteiger partial charge in [-0.3, -0.25) is 5.32 Å². The van der Waals surface area contributed by atoms with E-state index in [1.807, 2.05) is 0 Å². The number of hydrogen-bond donors (Lipinski definition) is 2. The van der Waals surface area contributed by atoms with E-state index < -0.39 is 11.7 Å². The van der Waals surface area contributed by atoms with Crippen LogP contribution in [0.1, 0.15) is 27.7 Å². The van der Waals surface area contributed by atoms with Gasteiger partial charge in [0.2, 0.25) is 0 Å². The molecule has 3 N–H and O–H groups in total. The Hall–Kier alpha value is -1.71. The van der Waals surface area contributed by atoms with Crippen molar-refractivity contribution in [2.45, 2.75) is 33.3 Å². The number of amides is 1. The monoisotopic (exact) mass is 224 g/mol. The van der Waals surface area contributed by atoms with Crippen LogP contribution < -0.4 is 11.1 Å². The highest BCUT2D eigenvalue weighted by Gasteiger charge is 2.17. The molecule has 0 atom stereocenters. The summed E-state index contributed by atoms with van der Waals surface area (Å²) in [4.78, 5) is 11.5. The lowest BCUT2D eigenvalue weighted by molar-refractivity contribution is 0.0547. The molecule has 90 valence electrons. The van der Waals surface area contributed by atoms with Gasteiger partial charge in [0.25, 0.3) is 0 Å². The Bertz CT molecular complexity index is 322. The van der Waals surface area contributed by atoms with Gasteiger partial charge in [-0.1, -0.05) is 18.7 Å². The molecule has 0 aromatic heterocycles. The maximum atomic E-state index is 11.5. The third-order valence-electron chi connectivity index (χ3n) is 1.54. The minimum absolute atomic E-state index is 0.464. The SMILES string of the molecule is C=C/C=C(NC(=O)OC(C)(C)C)\C(N)=C/C. The topological polar surface area (TPSA) is 64.3 Å². The summed E-state index contributed by atoms with van der Waals surface area (Å²) in [5.41, 5.74) is 6.10. The summed E-state index contributed by atoms with van der Waals surface area (Å²) < 4.78 is 5.10. The van der Waals surface area contributed by atoms with Crippen molar-refractivity contribution in [2.24, 2.45) is 5.73 Å². The maximum Gasteiger partial charge on any atom is 0.412 e. The molecular formula is C12H20N2O2. The van der Waals surface area contributed by atoms with Crippen molar-refractivity contribution in [1.29, 1.82) is 0 Å². The van der Waals surface area contributed by atoms with Crippen LogP contribution in [-0.4, -0.2) is 11.7 Å². The average Bonchev–Trinajstić information content (AvgIpc) is 2.13. The number of hydrogen-bond acceptors (Lipinski definition) is 3. The Morgan fingerprint density at radius 2 is 2.00 bits per heavy atom. The van der Waals surface area contributed by atoms with E-state index in [1.165, 1.54) is 0 Å². The lowest BCUT2D eigenvalue weighted by Gasteiger charge is -2.20. The molecule has 0 aliphatic rings. The average molecular weight is 224 g/mol. The van der Waals surface area contributed by atoms with Crippen LogP contribution in [0.5, 0.6) is 0 Å². The fourth-order valence-corrected chi connectivity index (χ4v) is 0.897. The van der Waals surface area contributed by atoms with Gasteiger partial charge in [-0.15, -0.1) is 0 Å². The molecule has 16 heavy (non-hydrogen) atoms. The molecule has 0 aliphatic heterocycles. The molecule has 0 radical (unpaired) electrons. The molecule has 0 aromatic carbocycles. The number of nitrogens with one attached hydrogen (secondary N) is 1. The van der Waals surface area contributed by atoms with E-state index in [4.69, 9.17) is 10.5 Å². The smallest absolute Gasteiger partial charge is 0.412 e. The summed E-state index contributed by atoms with van der Waals surface area (Å²) in [7, 11) is 0. The maximum absolute atomic E-state index is 11.5. The summed E-state index contributed by atoms with van der Waals surface area (Å²) in [6.45, 7) is 10.7. The molecule has 0 heterocycles. The molecule has 0 saturated carbocycles. The highest BCUT2D eigenvalue weighted by Crippen LogP contribution is 2.08. The van der Waals surface area contributed by atoms with Crippen LogP contribution in [-0.2, 0) is 4.74 Å². The summed E-state index contributed by atoms with van der Waals surface area (Å²) >= 11 is 0. The molecule has 1 amide bonds. The predicted molar refractivity (Wildman–Crippen MR) is 65.6 cm³/mol. The lowest BCUT2D eigenvalue weighted by Crippen LogP contribution is -2.33. The van der Waals surface area contributed by atoms with Gasteiger partial charge in [-0.2, -0.15) is 0 Å². The van der Waals surface area contributed by atoms with Gasteiger partial charge >= 0.3 is 6.09 Å². The molecule has 0 bridgehead atoms. The number of alkyl carbamates (subject to hydrolysis) is 1. The molecule has 0 spiro atoms. The summed E-state index contributed by atoms with van der Waals surface area (Å²) in [6, 6.07) is 0. The zero-order chi connectivity index (χ0) is 12.8. The molecule has 0 aromatic rings. The Kier molecular flexibility index (Phi) is 5.36. The first kappa shape index (κ1) is 14.3. The molecule has 0 fully saturated rings. The van der Waals surface area contributed by atoms with Crippen LogP contribution in [0.3, 0.4) is 0 Å². The Morgan fingerprint density at radius 3 is 2.38 bits per heavy atom. The van der Waals surface area contributed by atoms with Crippen molar-refractivity contribution >= 4 is 6.09 Å². The fourth-order valence-electron chi connectivity index (χ4n) is 0.897. The number of allylic oxidation sites excluding steroid dienone is 3. The van der Waals surface area contributed by atoms with Crippen LogP contribution in [0.2, 0.25) is 0 Å². The van der Waals surface area contributed by atoms with E-state index in [2.05, 4.69) is 11.9 Å². The third kappa shape index (κ3) is 5.90. The number of ether oxygens (including phenoxy) is 1. The van der Waals surface area contributed by atoms with Crippen LogP contribution >= 0.6 is 0 Å². The summed E-state index contributed by atoms with van der Waals surface area (Å²) in [5, 5.41) is 2.56. The zero-order valence-electron chi connectivity index (χ0n) is 10.3. The standard InChI is InChI=1S/C12H20N2O2/c1-6-8-10(9(13)7-2)14-11(15)16-12(3,4)5/h6-8H,1,13H2,2-5H3,(H,14,15)/b9-7+,10-8+. The predicted octanol–water partition coefficient (Wildman–Crippen LogP) is 2.44. The van der Waals surface area contributed by atoms with E-state index in [-0.39, 0.29) is 0 Å². The third-order valence-corrected chi connectivity index (χ3v) is 1.54. The van der Waals surface area contributed by atoms with E-state index >= 15 is 0 Å². The Balaban J connectivity index is 4.61. The largest absolute Gasteiger partial charge is 0.444 e. The van der Waals surface area contributed by atoms with Crippen molar-refractivity contribution in [1.82, 2.24) is 5.32 Å². The van der Waals surface area contributed by atoms with Gasteiger partial charge in [0.05, 0.1) is 11.4 Å². The highest BCUT2D eigenvalue weighted by molar-refractivity contribution is 5.71. The number of carbonyl (C=O) groups excluding carboxylic acids is 1. The Labute approximate surface area is 96.8 Å². The van der Waals surface area contributed by atoms with Crippen molar-refractivity contribution in [3.05, 3.63) is 36.2 Å². The number of carbonyl (C=O) groups is 1. The quantitative estimate of drug-likeness (QED) is 0.724. The van der Waals surface area contributed by atoms with Gasteiger partial charge in [0, 0.05) is 0 Å². The molecule has 4 nitrogen and oxygen atoms in total. The molecule has 0 saturated heterocycles. The first-order valence-corrected chi connectivity index (χ1v) is 5.05. The van der Waals surface area contributed by atoms with Crippen LogP contribution in [0.25, 0.3) is 0 Å². The minimum Gasteiger partial charge on any atom is -0.444 e. The molecular weight excluding hydrogens is 204 g/mol. The number of nitrogens with two attached hydrogens (primary N) is 1. The minimum atomic E-state index is -0.537. The van der Waals surface area contributed by atoms with E-state index in [0.717, 1.165) is 0 Å². The van der Waals surface area contributed by atoms with Gasteiger partial charge < -0.3 is 10.5 Å². The molecule has 4 heteroatoms. The Morgan fingerprint density at radius 1 is 1.44 bits per heavy atom. The van der Waals surface area contributed by atoms with Crippen LogP contribution in [0.4, 0.5) is 4.79 Å². The van der Waals surface area contributed by atoms with Gasteiger partial charge in [0.1, 0.15) is 5.60 Å². The summed E-state index contributed by atoms with van der Waals surface area (Å²) in [5.74, 6) is 0. The van der Waals surface area contributed by atoms with Crippen molar-refractivity contribution in [3.8, 4) is 0 Å². The van der Waals surface area contributed by atoms with Crippen LogP contribution in [0, 0.1) is 0 Å². The van der Waals surface area contributed by atoms with E-state index in [9.17, 15) is 4.79 Å². The fraction of sp³-hybridized carbons (Fsp3) is 0.417. The number of rotatable bonds is 3. The van der Waals surface area contributed by atoms with Crippen molar-refractivity contribution < 1.29 is 9.53 Å². The molecule has 0 rings (SSSR count). The van der Waals surface area contributed by atoms with Crippen molar-refractivity contribution in [3.63, 3.8) is 0 Å². The van der Waals surface area contributed by atoms with Gasteiger partial charge in [-0.25, -0.2) is 4.79 Å².